The van der Waals surface area contributed by atoms with Gasteiger partial charge >= 0.3 is 0 Å². The Morgan fingerprint density at radius 2 is 1.00 bits per heavy atom. The molecule has 0 amide bonds. The normalized spacial score (nSPS) is 12.7. The largest absolute Gasteiger partial charge is 0.355 e. The van der Waals surface area contributed by atoms with E-state index in [4.69, 9.17) is 0 Å². The van der Waals surface area contributed by atoms with Crippen LogP contribution in [0.25, 0.3) is 21.8 Å². The number of hydrogen-bond acceptors (Lipinski definition) is 0. The van der Waals surface area contributed by atoms with Crippen LogP contribution in [0.5, 0.6) is 0 Å². The molecule has 0 saturated carbocycles. The first-order valence-corrected chi connectivity index (χ1v) is 12.0. The molecular weight excluding hydrogens is 398 g/mol. The highest BCUT2D eigenvalue weighted by atomic mass is 14.7. The van der Waals surface area contributed by atoms with Gasteiger partial charge in [0.25, 0.3) is 0 Å². The summed E-state index contributed by atoms with van der Waals surface area (Å²) in [6, 6.07) is 35.9. The summed E-state index contributed by atoms with van der Waals surface area (Å²) in [4.78, 5) is 3.64. The fourth-order valence-corrected chi connectivity index (χ4v) is 5.51. The molecule has 0 saturated heterocycles. The van der Waals surface area contributed by atoms with Gasteiger partial charge in [-0.15, -0.1) is 0 Å². The van der Waals surface area contributed by atoms with Crippen molar-refractivity contribution in [3.63, 3.8) is 0 Å². The van der Waals surface area contributed by atoms with E-state index in [-0.39, 0.29) is 10.8 Å². The van der Waals surface area contributed by atoms with Gasteiger partial charge in [-0.2, -0.15) is 0 Å². The topological polar surface area (TPSA) is 15.8 Å². The van der Waals surface area contributed by atoms with Crippen LogP contribution in [0.2, 0.25) is 0 Å². The number of rotatable bonds is 4. The molecule has 0 unspecified atom stereocenters. The monoisotopic (exact) mass is 431 g/mol. The van der Waals surface area contributed by atoms with Crippen LogP contribution in [0.4, 0.5) is 0 Å². The van der Waals surface area contributed by atoms with Crippen molar-refractivity contribution in [2.45, 2.75) is 45.4 Å². The minimum atomic E-state index is -0.234. The third-order valence-corrected chi connectivity index (χ3v) is 7.24. The Kier molecular flexibility index (Phi) is 5.16. The average molecular weight is 432 g/mol. The average Bonchev–Trinajstić information content (AvgIpc) is 3.18. The summed E-state index contributed by atoms with van der Waals surface area (Å²) in [6.07, 6.45) is 0. The zero-order valence-electron chi connectivity index (χ0n) is 20.3. The summed E-state index contributed by atoms with van der Waals surface area (Å²) in [5.74, 6) is 0.370. The third-order valence-electron chi connectivity index (χ3n) is 7.24. The van der Waals surface area contributed by atoms with E-state index in [9.17, 15) is 0 Å². The van der Waals surface area contributed by atoms with Crippen molar-refractivity contribution in [2.24, 2.45) is 5.92 Å². The molecule has 0 aliphatic rings. The quantitative estimate of drug-likeness (QED) is 0.274. The fourth-order valence-electron chi connectivity index (χ4n) is 5.51. The number of H-pyrrole nitrogens is 1. The smallest absolute Gasteiger partial charge is 0.0474 e. The molecule has 0 aliphatic carbocycles. The fraction of sp³-hybridized carbons (Fsp3) is 0.250. The van der Waals surface area contributed by atoms with E-state index < -0.39 is 0 Å². The number of fused-ring (bicyclic) bond motifs is 3. The molecule has 166 valence electrons. The van der Waals surface area contributed by atoms with Crippen LogP contribution < -0.4 is 0 Å². The molecule has 1 heteroatoms. The summed E-state index contributed by atoms with van der Waals surface area (Å²) < 4.78 is 0. The maximum absolute atomic E-state index is 3.64. The third kappa shape index (κ3) is 3.47. The molecule has 33 heavy (non-hydrogen) atoms. The Labute approximate surface area is 197 Å². The van der Waals surface area contributed by atoms with Crippen LogP contribution in [0, 0.1) is 5.92 Å². The van der Waals surface area contributed by atoms with Gasteiger partial charge < -0.3 is 4.98 Å². The molecule has 5 rings (SSSR count). The van der Waals surface area contributed by atoms with E-state index in [1.165, 1.54) is 44.1 Å². The zero-order chi connectivity index (χ0) is 23.2. The Hall–Kier alpha value is -3.32. The number of nitrogens with one attached hydrogen (secondary N) is 1. The highest BCUT2D eigenvalue weighted by Crippen LogP contribution is 2.46. The molecule has 1 heterocycles. The first-order valence-electron chi connectivity index (χ1n) is 12.0. The highest BCUT2D eigenvalue weighted by molar-refractivity contribution is 6.07. The van der Waals surface area contributed by atoms with E-state index in [1.807, 2.05) is 0 Å². The van der Waals surface area contributed by atoms with Crippen LogP contribution in [0.15, 0.2) is 97.1 Å². The minimum Gasteiger partial charge on any atom is -0.355 e. The van der Waals surface area contributed by atoms with Crippen LogP contribution >= 0.6 is 0 Å². The Balaban J connectivity index is 1.84. The van der Waals surface area contributed by atoms with E-state index in [0.717, 1.165) is 0 Å². The Bertz CT molecular complexity index is 1360. The van der Waals surface area contributed by atoms with Crippen molar-refractivity contribution >= 4 is 21.8 Å². The van der Waals surface area contributed by atoms with Gasteiger partial charge in [0.15, 0.2) is 0 Å². The van der Waals surface area contributed by atoms with E-state index in [2.05, 4.69) is 137 Å². The van der Waals surface area contributed by atoms with Gasteiger partial charge in [0.1, 0.15) is 0 Å². The predicted molar refractivity (Wildman–Crippen MR) is 142 cm³/mol. The lowest BCUT2D eigenvalue weighted by Crippen LogP contribution is -2.35. The number of aromatic nitrogens is 1. The summed E-state index contributed by atoms with van der Waals surface area (Å²) >= 11 is 0. The maximum atomic E-state index is 3.64. The van der Waals surface area contributed by atoms with Gasteiger partial charge in [0.2, 0.25) is 0 Å². The molecule has 5 aromatic rings. The Morgan fingerprint density at radius 1 is 0.545 bits per heavy atom. The van der Waals surface area contributed by atoms with Gasteiger partial charge in [-0.1, -0.05) is 107 Å². The molecule has 0 aliphatic heterocycles. The molecule has 1 N–H and O–H groups in total. The minimum absolute atomic E-state index is 0.116. The second kappa shape index (κ2) is 7.92. The van der Waals surface area contributed by atoms with Crippen molar-refractivity contribution in [2.75, 3.05) is 0 Å². The number of hydrogen-bond donors (Lipinski definition) is 1. The van der Waals surface area contributed by atoms with Crippen molar-refractivity contribution in [3.05, 3.63) is 119 Å². The highest BCUT2D eigenvalue weighted by Gasteiger charge is 2.39. The summed E-state index contributed by atoms with van der Waals surface area (Å²) in [6.45, 7) is 11.5. The summed E-state index contributed by atoms with van der Waals surface area (Å²) in [5, 5.41) is 2.60. The van der Waals surface area contributed by atoms with Crippen LogP contribution in [-0.4, -0.2) is 4.98 Å². The molecule has 0 spiro atoms. The lowest BCUT2D eigenvalue weighted by atomic mass is 9.63. The molecule has 0 atom stereocenters. The van der Waals surface area contributed by atoms with Crippen molar-refractivity contribution < 1.29 is 0 Å². The number of benzene rings is 4. The molecule has 0 radical (unpaired) electrons. The van der Waals surface area contributed by atoms with E-state index in [0.29, 0.717) is 5.92 Å². The molecule has 0 bridgehead atoms. The summed E-state index contributed by atoms with van der Waals surface area (Å²) in [5.41, 5.74) is 7.64. The van der Waals surface area contributed by atoms with Gasteiger partial charge in [-0.05, 0) is 57.9 Å². The Morgan fingerprint density at radius 3 is 1.45 bits per heavy atom. The molecule has 1 nitrogen and oxygen atoms in total. The van der Waals surface area contributed by atoms with Crippen LogP contribution in [-0.2, 0) is 10.8 Å². The standard InChI is InChI=1S/C32H33N/c1-22(2)32(23-12-8-6-9-13-23,24-14-10-7-11-15-24)26-17-19-30-28(21-26)27-20-25(31(3,4)5)16-18-29(27)33-30/h6-22,33H,1-5H3. The zero-order valence-corrected chi connectivity index (χ0v) is 20.3. The van der Waals surface area contributed by atoms with Crippen LogP contribution in [0.3, 0.4) is 0 Å². The second-order valence-electron chi connectivity index (χ2n) is 10.6. The number of aromatic amines is 1. The van der Waals surface area contributed by atoms with Crippen molar-refractivity contribution in [1.29, 1.82) is 0 Å². The van der Waals surface area contributed by atoms with Crippen LogP contribution in [0.1, 0.15) is 56.9 Å². The first-order chi connectivity index (χ1) is 15.8. The van der Waals surface area contributed by atoms with Gasteiger partial charge in [0.05, 0.1) is 0 Å². The SMILES string of the molecule is CC(C)C(c1ccccc1)(c1ccccc1)c1ccc2[nH]c3ccc(C(C)(C)C)cc3c2c1. The van der Waals surface area contributed by atoms with Crippen molar-refractivity contribution in [3.8, 4) is 0 Å². The molecular formula is C32H33N. The van der Waals surface area contributed by atoms with Crippen molar-refractivity contribution in [1.82, 2.24) is 4.98 Å². The first kappa shape index (κ1) is 21.5. The van der Waals surface area contributed by atoms with Gasteiger partial charge in [0, 0.05) is 27.2 Å². The molecule has 0 fully saturated rings. The lowest BCUT2D eigenvalue weighted by Gasteiger charge is -2.40. The lowest BCUT2D eigenvalue weighted by molar-refractivity contribution is 0.438. The van der Waals surface area contributed by atoms with Gasteiger partial charge in [-0.25, -0.2) is 0 Å². The summed E-state index contributed by atoms with van der Waals surface area (Å²) in [7, 11) is 0. The molecule has 1 aromatic heterocycles. The maximum Gasteiger partial charge on any atom is 0.0474 e. The predicted octanol–water partition coefficient (Wildman–Crippen LogP) is 8.61. The van der Waals surface area contributed by atoms with E-state index in [1.54, 1.807) is 0 Å². The van der Waals surface area contributed by atoms with E-state index >= 15 is 0 Å². The van der Waals surface area contributed by atoms with Gasteiger partial charge in [-0.3, -0.25) is 0 Å². The second-order valence-corrected chi connectivity index (χ2v) is 10.6. The molecule has 4 aromatic carbocycles.